The normalized spacial score (nSPS) is 11.0. The van der Waals surface area contributed by atoms with Gasteiger partial charge in [-0.15, -0.1) is 0 Å². The van der Waals surface area contributed by atoms with Gasteiger partial charge >= 0.3 is 0 Å². The summed E-state index contributed by atoms with van der Waals surface area (Å²) in [5.74, 6) is 0. The van der Waals surface area contributed by atoms with Crippen LogP contribution in [-0.4, -0.2) is 31.1 Å². The quantitative estimate of drug-likeness (QED) is 0.0468. The molecule has 0 saturated carbocycles. The summed E-state index contributed by atoms with van der Waals surface area (Å²) >= 11 is 0. The lowest BCUT2D eigenvalue weighted by Crippen LogP contribution is -1.97. The van der Waals surface area contributed by atoms with Gasteiger partial charge in [0.2, 0.25) is 0 Å². The van der Waals surface area contributed by atoms with Gasteiger partial charge < -0.3 is 26.5 Å². The number of carbonyl (C=O) groups excluding carboxylic acids is 2. The zero-order chi connectivity index (χ0) is 29.5. The molecule has 6 N–H and O–H groups in total. The molecule has 0 aliphatic rings. The SMILES string of the molecule is NCCCCCCCC/C=C\CCCCCCCC=O.NCCCCCCCC/C=C\CCCCCCCC=O.O. The van der Waals surface area contributed by atoms with E-state index in [-0.39, 0.29) is 5.48 Å². The Morgan fingerprint density at radius 3 is 0.707 bits per heavy atom. The molecule has 0 aliphatic carbocycles. The van der Waals surface area contributed by atoms with Crippen LogP contribution >= 0.6 is 0 Å². The highest BCUT2D eigenvalue weighted by Crippen LogP contribution is 2.11. The Bertz CT molecular complexity index is 477. The minimum atomic E-state index is 0. The highest BCUT2D eigenvalue weighted by atomic mass is 16.1. The van der Waals surface area contributed by atoms with Crippen molar-refractivity contribution in [3.63, 3.8) is 0 Å². The van der Waals surface area contributed by atoms with E-state index in [4.69, 9.17) is 11.5 Å². The third-order valence-corrected chi connectivity index (χ3v) is 7.37. The van der Waals surface area contributed by atoms with E-state index in [1.54, 1.807) is 0 Å². The standard InChI is InChI=1S/2C18H35NO.H2O/c2*19-17-15-13-11-9-7-5-3-1-2-4-6-8-10-12-14-16-18-20;/h2*1-2,18H,3-17,19H2;1H2/b2*2-1-;. The van der Waals surface area contributed by atoms with Crippen molar-refractivity contribution >= 4 is 12.6 Å². The first kappa shape index (κ1) is 44.1. The van der Waals surface area contributed by atoms with Crippen LogP contribution in [0.5, 0.6) is 0 Å². The van der Waals surface area contributed by atoms with Crippen molar-refractivity contribution in [3.05, 3.63) is 24.3 Å². The molecule has 244 valence electrons. The van der Waals surface area contributed by atoms with Crippen molar-refractivity contribution in [3.8, 4) is 0 Å². The highest BCUT2D eigenvalue weighted by molar-refractivity contribution is 5.49. The van der Waals surface area contributed by atoms with Crippen LogP contribution < -0.4 is 11.5 Å². The lowest BCUT2D eigenvalue weighted by atomic mass is 10.1. The molecule has 0 fully saturated rings. The smallest absolute Gasteiger partial charge is 0.119 e. The molecule has 0 aromatic rings. The Hall–Kier alpha value is -1.30. The van der Waals surface area contributed by atoms with Crippen LogP contribution in [0.15, 0.2) is 24.3 Å². The zero-order valence-electron chi connectivity index (χ0n) is 27.1. The maximum Gasteiger partial charge on any atom is 0.119 e. The number of nitrogens with two attached hydrogens (primary N) is 2. The summed E-state index contributed by atoms with van der Waals surface area (Å²) in [4.78, 5) is 20.3. The van der Waals surface area contributed by atoms with Crippen molar-refractivity contribution in [2.45, 2.75) is 180 Å². The summed E-state index contributed by atoms with van der Waals surface area (Å²) in [5.41, 5.74) is 10.9. The van der Waals surface area contributed by atoms with Crippen molar-refractivity contribution in [2.75, 3.05) is 13.1 Å². The summed E-state index contributed by atoms with van der Waals surface area (Å²) in [7, 11) is 0. The second-order valence-electron chi connectivity index (χ2n) is 11.4. The van der Waals surface area contributed by atoms with Crippen LogP contribution in [0.2, 0.25) is 0 Å². The fraction of sp³-hybridized carbons (Fsp3) is 0.833. The number of allylic oxidation sites excluding steroid dienone is 4. The molecule has 0 radical (unpaired) electrons. The molecule has 5 nitrogen and oxygen atoms in total. The first-order chi connectivity index (χ1) is 19.8. The molecule has 0 rings (SSSR count). The first-order valence-electron chi connectivity index (χ1n) is 17.4. The molecular formula is C36H72N2O3. The first-order valence-corrected chi connectivity index (χ1v) is 17.4. The van der Waals surface area contributed by atoms with Crippen molar-refractivity contribution in [2.24, 2.45) is 11.5 Å². The average Bonchev–Trinajstić information content (AvgIpc) is 2.97. The maximum atomic E-state index is 10.1. The number of unbranched alkanes of at least 4 members (excludes halogenated alkanes) is 24. The largest absolute Gasteiger partial charge is 0.412 e. The van der Waals surface area contributed by atoms with Crippen LogP contribution in [0.3, 0.4) is 0 Å². The van der Waals surface area contributed by atoms with Crippen LogP contribution in [0, 0.1) is 0 Å². The number of aldehydes is 2. The second-order valence-corrected chi connectivity index (χ2v) is 11.4. The van der Waals surface area contributed by atoms with Crippen molar-refractivity contribution < 1.29 is 15.1 Å². The summed E-state index contributed by atoms with van der Waals surface area (Å²) in [6, 6.07) is 0. The molecule has 0 unspecified atom stereocenters. The van der Waals surface area contributed by atoms with Gasteiger partial charge in [0.15, 0.2) is 0 Å². The summed E-state index contributed by atoms with van der Waals surface area (Å²) in [6.45, 7) is 1.69. The van der Waals surface area contributed by atoms with Gasteiger partial charge in [-0.3, -0.25) is 0 Å². The molecule has 0 saturated heterocycles. The molecule has 0 aliphatic heterocycles. The molecular weight excluding hydrogens is 508 g/mol. The zero-order valence-corrected chi connectivity index (χ0v) is 27.1. The van der Waals surface area contributed by atoms with Gasteiger partial charge in [0.05, 0.1) is 0 Å². The lowest BCUT2D eigenvalue weighted by Gasteiger charge is -1.99. The number of rotatable bonds is 32. The molecule has 0 spiro atoms. The lowest BCUT2D eigenvalue weighted by molar-refractivity contribution is -0.108. The predicted molar refractivity (Wildman–Crippen MR) is 181 cm³/mol. The van der Waals surface area contributed by atoms with E-state index in [1.165, 1.54) is 154 Å². The van der Waals surface area contributed by atoms with Crippen LogP contribution in [0.25, 0.3) is 0 Å². The Morgan fingerprint density at radius 2 is 0.488 bits per heavy atom. The Labute approximate surface area is 256 Å². The minimum absolute atomic E-state index is 0. The maximum absolute atomic E-state index is 10.1. The average molecular weight is 581 g/mol. The van der Waals surface area contributed by atoms with E-state index in [0.29, 0.717) is 0 Å². The molecule has 0 bridgehead atoms. The summed E-state index contributed by atoms with van der Waals surface area (Å²) in [6.07, 6.45) is 46.1. The minimum Gasteiger partial charge on any atom is -0.412 e. The van der Waals surface area contributed by atoms with Gasteiger partial charge in [0.25, 0.3) is 0 Å². The van der Waals surface area contributed by atoms with E-state index in [1.807, 2.05) is 0 Å². The number of hydrogen-bond acceptors (Lipinski definition) is 4. The topological polar surface area (TPSA) is 118 Å². The van der Waals surface area contributed by atoms with E-state index >= 15 is 0 Å². The Balaban J connectivity index is -0.000000688. The molecule has 0 amide bonds. The van der Waals surface area contributed by atoms with E-state index in [9.17, 15) is 9.59 Å². The van der Waals surface area contributed by atoms with E-state index < -0.39 is 0 Å². The molecule has 0 aromatic carbocycles. The fourth-order valence-corrected chi connectivity index (χ4v) is 4.74. The number of carbonyl (C=O) groups is 2. The third-order valence-electron chi connectivity index (χ3n) is 7.37. The highest BCUT2D eigenvalue weighted by Gasteiger charge is 1.92. The van der Waals surface area contributed by atoms with Crippen molar-refractivity contribution in [1.29, 1.82) is 0 Å². The monoisotopic (exact) mass is 581 g/mol. The van der Waals surface area contributed by atoms with Gasteiger partial charge in [-0.1, -0.05) is 114 Å². The van der Waals surface area contributed by atoms with Crippen LogP contribution in [-0.2, 0) is 9.59 Å². The molecule has 0 atom stereocenters. The number of hydrogen-bond donors (Lipinski definition) is 2. The summed E-state index contributed by atoms with van der Waals surface area (Å²) in [5, 5.41) is 0. The van der Waals surface area contributed by atoms with Crippen LogP contribution in [0.4, 0.5) is 0 Å². The molecule has 5 heteroatoms. The van der Waals surface area contributed by atoms with Gasteiger partial charge in [-0.25, -0.2) is 0 Å². The second kappa shape index (κ2) is 45.7. The fourth-order valence-electron chi connectivity index (χ4n) is 4.74. The van der Waals surface area contributed by atoms with Gasteiger partial charge in [-0.2, -0.15) is 0 Å². The van der Waals surface area contributed by atoms with Gasteiger partial charge in [-0.05, 0) is 90.1 Å². The molecule has 0 heterocycles. The van der Waals surface area contributed by atoms with E-state index in [0.717, 1.165) is 51.3 Å². The third kappa shape index (κ3) is 48.7. The van der Waals surface area contributed by atoms with Crippen LogP contribution in [0.1, 0.15) is 180 Å². The van der Waals surface area contributed by atoms with Gasteiger partial charge in [0.1, 0.15) is 12.6 Å². The Kier molecular flexibility index (Phi) is 49.2. The van der Waals surface area contributed by atoms with Crippen molar-refractivity contribution in [1.82, 2.24) is 0 Å². The summed E-state index contributed by atoms with van der Waals surface area (Å²) < 4.78 is 0. The van der Waals surface area contributed by atoms with E-state index in [2.05, 4.69) is 24.3 Å². The molecule has 0 aromatic heterocycles. The molecule has 41 heavy (non-hydrogen) atoms. The Morgan fingerprint density at radius 1 is 0.293 bits per heavy atom. The van der Waals surface area contributed by atoms with Gasteiger partial charge in [0, 0.05) is 12.8 Å². The predicted octanol–water partition coefficient (Wildman–Crippen LogP) is 9.50.